The summed E-state index contributed by atoms with van der Waals surface area (Å²) in [6, 6.07) is 0. The molecular weight excluding hydrogens is 228 g/mol. The summed E-state index contributed by atoms with van der Waals surface area (Å²) >= 11 is 0. The van der Waals surface area contributed by atoms with E-state index in [1.807, 2.05) is 6.08 Å². The fourth-order valence-electron chi connectivity index (χ4n) is 2.02. The van der Waals surface area contributed by atoms with Gasteiger partial charge in [-0.05, 0) is 38.2 Å². The van der Waals surface area contributed by atoms with E-state index in [1.54, 1.807) is 0 Å². The summed E-state index contributed by atoms with van der Waals surface area (Å²) in [5, 5.41) is 0. The number of hydrogen-bond acceptors (Lipinski definition) is 0. The third kappa shape index (κ3) is 17.3. The predicted molar refractivity (Wildman–Crippen MR) is 88.2 cm³/mol. The molecule has 0 unspecified atom stereocenters. The van der Waals surface area contributed by atoms with Gasteiger partial charge in [0, 0.05) is 6.42 Å². The van der Waals surface area contributed by atoms with Gasteiger partial charge in [0.2, 0.25) is 0 Å². The fourth-order valence-corrected chi connectivity index (χ4v) is 2.02. The smallest absolute Gasteiger partial charge is 0.00922 e. The Kier molecular flexibility index (Phi) is 10.7. The van der Waals surface area contributed by atoms with Crippen molar-refractivity contribution in [2.75, 3.05) is 0 Å². The molecule has 0 saturated carbocycles. The minimum atomic E-state index is 0.518. The zero-order valence-electron chi connectivity index (χ0n) is 13.9. The lowest BCUT2D eigenvalue weighted by molar-refractivity contribution is 0.356. The summed E-state index contributed by atoms with van der Waals surface area (Å²) in [6.07, 6.45) is 14.1. The normalized spacial score (nSPS) is 10.8. The first-order valence-corrected chi connectivity index (χ1v) is 8.03. The van der Waals surface area contributed by atoms with E-state index in [0.717, 1.165) is 6.42 Å². The maximum atomic E-state index is 3.22. The third-order valence-electron chi connectivity index (χ3n) is 3.19. The standard InChI is InChI=1S/C19H34/c1-18(2)16-14-12-10-8-6-7-9-11-13-15-17-19(3,4)5/h16H,6-11,13,15,17H2,1-5H3. The molecular formula is C19H34. The van der Waals surface area contributed by atoms with Crippen LogP contribution in [0, 0.1) is 17.3 Å². The minimum absolute atomic E-state index is 0.518. The maximum Gasteiger partial charge on any atom is 0.00922 e. The fraction of sp³-hybridized carbons (Fsp3) is 0.789. The van der Waals surface area contributed by atoms with E-state index in [1.165, 1.54) is 56.9 Å². The molecule has 0 bridgehead atoms. The van der Waals surface area contributed by atoms with Crippen molar-refractivity contribution in [2.24, 2.45) is 5.41 Å². The van der Waals surface area contributed by atoms with Crippen molar-refractivity contribution < 1.29 is 0 Å². The van der Waals surface area contributed by atoms with Crippen LogP contribution in [0.2, 0.25) is 0 Å². The Morgan fingerprint density at radius 1 is 0.842 bits per heavy atom. The average Bonchev–Trinajstić information content (AvgIpc) is 2.28. The molecule has 0 aliphatic carbocycles. The van der Waals surface area contributed by atoms with Gasteiger partial charge in [-0.25, -0.2) is 0 Å². The van der Waals surface area contributed by atoms with Gasteiger partial charge >= 0.3 is 0 Å². The summed E-state index contributed by atoms with van der Waals surface area (Å²) in [5.74, 6) is 6.32. The second-order valence-electron chi connectivity index (χ2n) is 7.08. The molecule has 110 valence electrons. The molecule has 0 aliphatic heterocycles. The Morgan fingerprint density at radius 2 is 1.37 bits per heavy atom. The highest BCUT2D eigenvalue weighted by atomic mass is 14.1. The Balaban J connectivity index is 3.23. The van der Waals surface area contributed by atoms with Crippen LogP contribution in [-0.2, 0) is 0 Å². The summed E-state index contributed by atoms with van der Waals surface area (Å²) in [4.78, 5) is 0. The molecule has 0 amide bonds. The van der Waals surface area contributed by atoms with Gasteiger partial charge in [-0.2, -0.15) is 0 Å². The van der Waals surface area contributed by atoms with Gasteiger partial charge in [-0.1, -0.05) is 76.7 Å². The van der Waals surface area contributed by atoms with Crippen molar-refractivity contribution in [3.63, 3.8) is 0 Å². The Labute approximate surface area is 122 Å². The molecule has 0 radical (unpaired) electrons. The molecule has 0 aliphatic rings. The summed E-state index contributed by atoms with van der Waals surface area (Å²) in [5.41, 5.74) is 1.81. The Hall–Kier alpha value is -0.700. The molecule has 0 spiro atoms. The van der Waals surface area contributed by atoms with E-state index in [0.29, 0.717) is 5.41 Å². The molecule has 0 N–H and O–H groups in total. The lowest BCUT2D eigenvalue weighted by Gasteiger charge is -2.17. The number of hydrogen-bond donors (Lipinski definition) is 0. The second-order valence-corrected chi connectivity index (χ2v) is 7.08. The molecule has 0 aromatic rings. The van der Waals surface area contributed by atoms with Crippen LogP contribution in [0.4, 0.5) is 0 Å². The van der Waals surface area contributed by atoms with E-state index in [4.69, 9.17) is 0 Å². The summed E-state index contributed by atoms with van der Waals surface area (Å²) in [6.45, 7) is 11.2. The van der Waals surface area contributed by atoms with Crippen LogP contribution in [-0.4, -0.2) is 0 Å². The predicted octanol–water partition coefficient (Wildman–Crippen LogP) is 6.51. The van der Waals surface area contributed by atoms with Crippen molar-refractivity contribution in [1.29, 1.82) is 0 Å². The second kappa shape index (κ2) is 11.2. The topological polar surface area (TPSA) is 0 Å². The van der Waals surface area contributed by atoms with Crippen molar-refractivity contribution >= 4 is 0 Å². The number of unbranched alkanes of at least 4 members (excludes halogenated alkanes) is 7. The van der Waals surface area contributed by atoms with Gasteiger partial charge in [0.1, 0.15) is 0 Å². The van der Waals surface area contributed by atoms with Crippen LogP contribution < -0.4 is 0 Å². The lowest BCUT2D eigenvalue weighted by atomic mass is 9.89. The van der Waals surface area contributed by atoms with Crippen LogP contribution in [0.5, 0.6) is 0 Å². The summed E-state index contributed by atoms with van der Waals surface area (Å²) in [7, 11) is 0. The van der Waals surface area contributed by atoms with Crippen molar-refractivity contribution in [2.45, 2.75) is 92.4 Å². The molecule has 0 fully saturated rings. The van der Waals surface area contributed by atoms with Gasteiger partial charge in [0.05, 0.1) is 0 Å². The molecule has 0 nitrogen and oxygen atoms in total. The minimum Gasteiger partial charge on any atom is -0.0985 e. The van der Waals surface area contributed by atoms with Crippen LogP contribution in [0.25, 0.3) is 0 Å². The van der Waals surface area contributed by atoms with Crippen molar-refractivity contribution in [3.8, 4) is 11.8 Å². The molecule has 0 heterocycles. The first-order valence-electron chi connectivity index (χ1n) is 8.03. The van der Waals surface area contributed by atoms with Gasteiger partial charge in [0.25, 0.3) is 0 Å². The molecule has 0 saturated heterocycles. The molecule has 0 atom stereocenters. The lowest BCUT2D eigenvalue weighted by Crippen LogP contribution is -2.03. The zero-order valence-corrected chi connectivity index (χ0v) is 13.9. The Bertz CT molecular complexity index is 286. The van der Waals surface area contributed by atoms with E-state index in [-0.39, 0.29) is 0 Å². The van der Waals surface area contributed by atoms with E-state index in [9.17, 15) is 0 Å². The zero-order chi connectivity index (χ0) is 14.6. The number of rotatable bonds is 8. The largest absolute Gasteiger partial charge is 0.0985 e. The van der Waals surface area contributed by atoms with Crippen molar-refractivity contribution in [1.82, 2.24) is 0 Å². The quantitative estimate of drug-likeness (QED) is 0.345. The monoisotopic (exact) mass is 262 g/mol. The van der Waals surface area contributed by atoms with Crippen LogP contribution in [0.3, 0.4) is 0 Å². The highest BCUT2D eigenvalue weighted by molar-refractivity contribution is 5.18. The molecule has 0 rings (SSSR count). The first kappa shape index (κ1) is 18.3. The molecule has 0 aromatic carbocycles. The average molecular weight is 262 g/mol. The third-order valence-corrected chi connectivity index (χ3v) is 3.19. The molecule has 0 heteroatoms. The van der Waals surface area contributed by atoms with Gasteiger partial charge in [-0.3, -0.25) is 0 Å². The van der Waals surface area contributed by atoms with E-state index >= 15 is 0 Å². The first-order chi connectivity index (χ1) is 8.92. The van der Waals surface area contributed by atoms with Crippen LogP contribution in [0.15, 0.2) is 11.6 Å². The van der Waals surface area contributed by atoms with Crippen LogP contribution in [0.1, 0.15) is 92.4 Å². The van der Waals surface area contributed by atoms with Gasteiger partial charge < -0.3 is 0 Å². The highest BCUT2D eigenvalue weighted by Crippen LogP contribution is 2.22. The molecule has 0 aromatic heterocycles. The highest BCUT2D eigenvalue weighted by Gasteiger charge is 2.08. The van der Waals surface area contributed by atoms with E-state index < -0.39 is 0 Å². The van der Waals surface area contributed by atoms with Gasteiger partial charge in [-0.15, -0.1) is 0 Å². The maximum absolute atomic E-state index is 3.22. The van der Waals surface area contributed by atoms with Gasteiger partial charge in [0.15, 0.2) is 0 Å². The number of allylic oxidation sites excluding steroid dienone is 2. The van der Waals surface area contributed by atoms with Crippen LogP contribution >= 0.6 is 0 Å². The Morgan fingerprint density at radius 3 is 1.89 bits per heavy atom. The van der Waals surface area contributed by atoms with Crippen molar-refractivity contribution in [3.05, 3.63) is 11.6 Å². The SMILES string of the molecule is CC(C)=CC#CCCCCCCCCCC(C)(C)C. The van der Waals surface area contributed by atoms with E-state index in [2.05, 4.69) is 46.5 Å². The summed E-state index contributed by atoms with van der Waals surface area (Å²) < 4.78 is 0. The molecule has 19 heavy (non-hydrogen) atoms.